The van der Waals surface area contributed by atoms with E-state index in [1.165, 1.54) is 36.1 Å². The van der Waals surface area contributed by atoms with Gasteiger partial charge < -0.3 is 0 Å². The number of aryl methyl sites for hydroxylation is 1. The number of hydrogen-bond acceptors (Lipinski definition) is 4. The molecular formula is C19H26N4O3. The molecule has 0 spiro atoms. The SMILES string of the molecule is CCCCCCCN=C(C)c1c(C)[nH]n(-c2ccc([N+](=O)[O-])cc2)c1=O. The summed E-state index contributed by atoms with van der Waals surface area (Å²) in [5.74, 6) is 0. The lowest BCUT2D eigenvalue weighted by Gasteiger charge is -2.01. The first-order chi connectivity index (χ1) is 12.5. The van der Waals surface area contributed by atoms with Crippen molar-refractivity contribution < 1.29 is 4.92 Å². The van der Waals surface area contributed by atoms with E-state index >= 15 is 0 Å². The van der Waals surface area contributed by atoms with Crippen molar-refractivity contribution in [1.82, 2.24) is 9.78 Å². The normalized spacial score (nSPS) is 11.7. The molecule has 0 aliphatic heterocycles. The monoisotopic (exact) mass is 358 g/mol. The van der Waals surface area contributed by atoms with Crippen molar-refractivity contribution in [1.29, 1.82) is 0 Å². The molecule has 7 heteroatoms. The lowest BCUT2D eigenvalue weighted by Crippen LogP contribution is -2.19. The quantitative estimate of drug-likeness (QED) is 0.316. The second-order valence-electron chi connectivity index (χ2n) is 6.41. The number of nitro benzene ring substituents is 1. The zero-order chi connectivity index (χ0) is 19.1. The summed E-state index contributed by atoms with van der Waals surface area (Å²) < 4.78 is 1.40. The zero-order valence-corrected chi connectivity index (χ0v) is 15.6. The number of hydrogen-bond donors (Lipinski definition) is 1. The highest BCUT2D eigenvalue weighted by Crippen LogP contribution is 2.15. The van der Waals surface area contributed by atoms with Crippen molar-refractivity contribution >= 4 is 11.4 Å². The second-order valence-corrected chi connectivity index (χ2v) is 6.41. The first-order valence-corrected chi connectivity index (χ1v) is 9.03. The van der Waals surface area contributed by atoms with Crippen LogP contribution >= 0.6 is 0 Å². The van der Waals surface area contributed by atoms with Gasteiger partial charge in [0, 0.05) is 30.1 Å². The van der Waals surface area contributed by atoms with Gasteiger partial charge in [0.1, 0.15) is 0 Å². The van der Waals surface area contributed by atoms with Crippen LogP contribution in [-0.4, -0.2) is 27.0 Å². The molecule has 140 valence electrons. The van der Waals surface area contributed by atoms with Crippen molar-refractivity contribution in [3.63, 3.8) is 0 Å². The summed E-state index contributed by atoms with van der Waals surface area (Å²) >= 11 is 0. The van der Waals surface area contributed by atoms with Crippen LogP contribution in [0.1, 0.15) is 57.2 Å². The van der Waals surface area contributed by atoms with Gasteiger partial charge in [0.05, 0.1) is 16.2 Å². The molecule has 0 atom stereocenters. The molecule has 1 aromatic heterocycles. The molecule has 2 rings (SSSR count). The topological polar surface area (TPSA) is 93.3 Å². The smallest absolute Gasteiger partial charge is 0.280 e. The molecule has 0 radical (unpaired) electrons. The number of aliphatic imine (C=N–C) groups is 1. The second kappa shape index (κ2) is 9.12. The number of nitro groups is 1. The van der Waals surface area contributed by atoms with Crippen LogP contribution in [0, 0.1) is 17.0 Å². The van der Waals surface area contributed by atoms with E-state index in [0.717, 1.165) is 30.8 Å². The van der Waals surface area contributed by atoms with E-state index in [1.807, 2.05) is 13.8 Å². The fourth-order valence-electron chi connectivity index (χ4n) is 2.92. The molecule has 1 aromatic carbocycles. The Hall–Kier alpha value is -2.70. The van der Waals surface area contributed by atoms with Crippen LogP contribution in [-0.2, 0) is 0 Å². The van der Waals surface area contributed by atoms with Gasteiger partial charge in [-0.05, 0) is 32.4 Å². The number of nitrogens with one attached hydrogen (secondary N) is 1. The van der Waals surface area contributed by atoms with Crippen LogP contribution in [0.15, 0.2) is 34.1 Å². The number of aromatic nitrogens is 2. The van der Waals surface area contributed by atoms with E-state index in [0.29, 0.717) is 11.3 Å². The van der Waals surface area contributed by atoms with Crippen LogP contribution in [0.2, 0.25) is 0 Å². The number of aromatic amines is 1. The number of non-ortho nitro benzene ring substituents is 1. The summed E-state index contributed by atoms with van der Waals surface area (Å²) in [7, 11) is 0. The maximum atomic E-state index is 12.7. The van der Waals surface area contributed by atoms with Crippen molar-refractivity contribution in [2.45, 2.75) is 52.9 Å². The Labute approximate surface area is 152 Å². The van der Waals surface area contributed by atoms with Crippen LogP contribution in [0.25, 0.3) is 5.69 Å². The van der Waals surface area contributed by atoms with Crippen LogP contribution in [0.4, 0.5) is 5.69 Å². The Balaban J connectivity index is 2.16. The van der Waals surface area contributed by atoms with Crippen molar-refractivity contribution in [2.24, 2.45) is 4.99 Å². The summed E-state index contributed by atoms with van der Waals surface area (Å²) in [6.45, 7) is 6.59. The molecule has 0 bridgehead atoms. The predicted molar refractivity (Wildman–Crippen MR) is 104 cm³/mol. The van der Waals surface area contributed by atoms with Crippen LogP contribution in [0.3, 0.4) is 0 Å². The maximum absolute atomic E-state index is 12.7. The van der Waals surface area contributed by atoms with Gasteiger partial charge in [-0.2, -0.15) is 0 Å². The van der Waals surface area contributed by atoms with Gasteiger partial charge in [0.25, 0.3) is 11.2 Å². The van der Waals surface area contributed by atoms with Crippen molar-refractivity contribution in [2.75, 3.05) is 6.54 Å². The zero-order valence-electron chi connectivity index (χ0n) is 15.6. The fraction of sp³-hybridized carbons (Fsp3) is 0.474. The van der Waals surface area contributed by atoms with Crippen molar-refractivity contribution in [3.8, 4) is 5.69 Å². The third kappa shape index (κ3) is 4.68. The number of rotatable bonds is 9. The number of benzene rings is 1. The van der Waals surface area contributed by atoms with Crippen molar-refractivity contribution in [3.05, 3.63) is 56.0 Å². The molecule has 0 aliphatic rings. The summed E-state index contributed by atoms with van der Waals surface area (Å²) in [5, 5.41) is 13.8. The van der Waals surface area contributed by atoms with Gasteiger partial charge in [-0.15, -0.1) is 0 Å². The van der Waals surface area contributed by atoms with E-state index in [-0.39, 0.29) is 11.2 Å². The largest absolute Gasteiger partial charge is 0.295 e. The number of nitrogens with zero attached hydrogens (tertiary/aromatic N) is 3. The van der Waals surface area contributed by atoms with E-state index < -0.39 is 4.92 Å². The van der Waals surface area contributed by atoms with Gasteiger partial charge >= 0.3 is 0 Å². The standard InChI is InChI=1S/C19H26N4O3/c1-4-5-6-7-8-13-20-14(2)18-15(3)21-22(19(18)24)16-9-11-17(12-10-16)23(25)26/h9-12,21H,4-8,13H2,1-3H3. The molecule has 26 heavy (non-hydrogen) atoms. The minimum atomic E-state index is -0.463. The highest BCUT2D eigenvalue weighted by Gasteiger charge is 2.15. The Morgan fingerprint density at radius 3 is 2.46 bits per heavy atom. The van der Waals surface area contributed by atoms with E-state index in [1.54, 1.807) is 12.1 Å². The molecule has 1 N–H and O–H groups in total. The Morgan fingerprint density at radius 1 is 1.19 bits per heavy atom. The predicted octanol–water partition coefficient (Wildman–Crippen LogP) is 4.16. The lowest BCUT2D eigenvalue weighted by atomic mass is 10.1. The minimum Gasteiger partial charge on any atom is -0.295 e. The molecule has 0 saturated heterocycles. The molecule has 0 aliphatic carbocycles. The molecule has 7 nitrogen and oxygen atoms in total. The van der Waals surface area contributed by atoms with Gasteiger partial charge in [-0.1, -0.05) is 32.6 Å². The highest BCUT2D eigenvalue weighted by atomic mass is 16.6. The fourth-order valence-corrected chi connectivity index (χ4v) is 2.92. The molecule has 0 saturated carbocycles. The lowest BCUT2D eigenvalue weighted by molar-refractivity contribution is -0.384. The van der Waals surface area contributed by atoms with Gasteiger partial charge in [0.2, 0.25) is 0 Å². The van der Waals surface area contributed by atoms with Crippen LogP contribution in [0.5, 0.6) is 0 Å². The van der Waals surface area contributed by atoms with Gasteiger partial charge in [-0.25, -0.2) is 4.68 Å². The van der Waals surface area contributed by atoms with Gasteiger partial charge in [0.15, 0.2) is 0 Å². The molecule has 0 fully saturated rings. The average Bonchev–Trinajstić information content (AvgIpc) is 2.92. The Morgan fingerprint density at radius 2 is 1.85 bits per heavy atom. The summed E-state index contributed by atoms with van der Waals surface area (Å²) in [6.07, 6.45) is 5.87. The van der Waals surface area contributed by atoms with E-state index in [2.05, 4.69) is 17.0 Å². The first-order valence-electron chi connectivity index (χ1n) is 9.03. The Bertz CT molecular complexity index is 831. The average molecular weight is 358 g/mol. The minimum absolute atomic E-state index is 0.00823. The summed E-state index contributed by atoms with van der Waals surface area (Å²) in [6, 6.07) is 5.88. The molecule has 1 heterocycles. The highest BCUT2D eigenvalue weighted by molar-refractivity contribution is 5.99. The number of unbranched alkanes of at least 4 members (excludes halogenated alkanes) is 4. The molecule has 0 unspecified atom stereocenters. The third-order valence-electron chi connectivity index (χ3n) is 4.36. The van der Waals surface area contributed by atoms with Crippen LogP contribution < -0.4 is 5.56 Å². The van der Waals surface area contributed by atoms with Gasteiger partial charge in [-0.3, -0.25) is 25.0 Å². The van der Waals surface area contributed by atoms with E-state index in [9.17, 15) is 14.9 Å². The third-order valence-corrected chi connectivity index (χ3v) is 4.36. The van der Waals surface area contributed by atoms with E-state index in [4.69, 9.17) is 0 Å². The molecular weight excluding hydrogens is 332 g/mol. The molecule has 2 aromatic rings. The maximum Gasteiger partial charge on any atom is 0.280 e. The summed E-state index contributed by atoms with van der Waals surface area (Å²) in [5.41, 5.74) is 2.38. The molecule has 0 amide bonds. The first kappa shape index (κ1) is 19.6. The number of H-pyrrole nitrogens is 1. The Kier molecular flexibility index (Phi) is 6.89. The summed E-state index contributed by atoms with van der Waals surface area (Å²) in [4.78, 5) is 27.6.